The van der Waals surface area contributed by atoms with Crippen molar-refractivity contribution >= 4 is 23.1 Å². The highest BCUT2D eigenvalue weighted by atomic mass is 32.2. The van der Waals surface area contributed by atoms with Crippen molar-refractivity contribution in [1.29, 1.82) is 0 Å². The summed E-state index contributed by atoms with van der Waals surface area (Å²) in [5.74, 6) is 1.20. The van der Waals surface area contributed by atoms with E-state index in [1.165, 1.54) is 15.5 Å². The zero-order valence-corrected chi connectivity index (χ0v) is 11.7. The molecule has 1 aromatic rings. The highest BCUT2D eigenvalue weighted by Crippen LogP contribution is 2.37. The summed E-state index contributed by atoms with van der Waals surface area (Å²) in [4.78, 5) is 2.77. The van der Waals surface area contributed by atoms with Gasteiger partial charge in [0, 0.05) is 21.4 Å². The monoisotopic (exact) mass is 256 g/mol. The van der Waals surface area contributed by atoms with Crippen LogP contribution in [0.25, 0.3) is 0 Å². The number of thioether (sulfide) groups is 1. The first-order valence-corrected chi connectivity index (χ1v) is 7.92. The Balaban J connectivity index is 2.06. The molecule has 1 nitrogen and oxygen atoms in total. The molecule has 0 saturated carbocycles. The molecular weight excluding hydrogens is 236 g/mol. The van der Waals surface area contributed by atoms with E-state index in [1.807, 2.05) is 23.1 Å². The molecule has 1 fully saturated rings. The largest absolute Gasteiger partial charge is 0.388 e. The van der Waals surface area contributed by atoms with Crippen LogP contribution in [0.15, 0.2) is 12.1 Å². The molecule has 1 aliphatic rings. The number of thiophene rings is 1. The van der Waals surface area contributed by atoms with Gasteiger partial charge in [-0.1, -0.05) is 13.8 Å². The maximum atomic E-state index is 10.7. The zero-order valence-electron chi connectivity index (χ0n) is 10.0. The van der Waals surface area contributed by atoms with Crippen LogP contribution in [0.4, 0.5) is 0 Å². The minimum atomic E-state index is -0.473. The standard InChI is InChI=1S/C13H20OS2/c1-3-11-5-6-12(16-11)9-13(14)7-4-8-15-10(13)2/h5-6,10,14H,3-4,7-9H2,1-2H3. The Morgan fingerprint density at radius 2 is 2.19 bits per heavy atom. The van der Waals surface area contributed by atoms with Crippen LogP contribution in [0.1, 0.15) is 36.4 Å². The Morgan fingerprint density at radius 1 is 1.44 bits per heavy atom. The normalized spacial score (nSPS) is 30.6. The summed E-state index contributed by atoms with van der Waals surface area (Å²) in [6.45, 7) is 4.35. The van der Waals surface area contributed by atoms with Crippen molar-refractivity contribution in [3.8, 4) is 0 Å². The third-order valence-corrected chi connectivity index (χ3v) is 6.12. The number of aryl methyl sites for hydroxylation is 1. The summed E-state index contributed by atoms with van der Waals surface area (Å²) in [7, 11) is 0. The maximum absolute atomic E-state index is 10.7. The van der Waals surface area contributed by atoms with E-state index in [0.29, 0.717) is 5.25 Å². The Labute approximate surface area is 106 Å². The molecule has 90 valence electrons. The van der Waals surface area contributed by atoms with Gasteiger partial charge in [0.1, 0.15) is 0 Å². The first-order chi connectivity index (χ1) is 7.64. The zero-order chi connectivity index (χ0) is 11.6. The van der Waals surface area contributed by atoms with Gasteiger partial charge < -0.3 is 5.11 Å². The van der Waals surface area contributed by atoms with E-state index in [-0.39, 0.29) is 0 Å². The lowest BCUT2D eigenvalue weighted by Crippen LogP contribution is -2.43. The van der Waals surface area contributed by atoms with E-state index in [1.54, 1.807) is 0 Å². The molecule has 2 atom stereocenters. The van der Waals surface area contributed by atoms with E-state index >= 15 is 0 Å². The molecule has 1 aromatic heterocycles. The van der Waals surface area contributed by atoms with E-state index in [0.717, 1.165) is 25.7 Å². The fourth-order valence-corrected chi connectivity index (χ4v) is 4.49. The molecule has 0 aliphatic carbocycles. The van der Waals surface area contributed by atoms with Crippen LogP contribution >= 0.6 is 23.1 Å². The topological polar surface area (TPSA) is 20.2 Å². The van der Waals surface area contributed by atoms with Crippen LogP contribution in [0.3, 0.4) is 0 Å². The fraction of sp³-hybridized carbons (Fsp3) is 0.692. The first kappa shape index (κ1) is 12.5. The van der Waals surface area contributed by atoms with Gasteiger partial charge in [0.2, 0.25) is 0 Å². The van der Waals surface area contributed by atoms with Gasteiger partial charge in [-0.2, -0.15) is 11.8 Å². The second kappa shape index (κ2) is 5.11. The van der Waals surface area contributed by atoms with Crippen LogP contribution in [0, 0.1) is 0 Å². The average molecular weight is 256 g/mol. The van der Waals surface area contributed by atoms with Gasteiger partial charge in [0.25, 0.3) is 0 Å². The molecule has 0 radical (unpaired) electrons. The third-order valence-electron chi connectivity index (χ3n) is 3.42. The smallest absolute Gasteiger partial charge is 0.0811 e. The van der Waals surface area contributed by atoms with Crippen LogP contribution in [0.5, 0.6) is 0 Å². The SMILES string of the molecule is CCc1ccc(CC2(O)CCCSC2C)s1. The summed E-state index contributed by atoms with van der Waals surface area (Å²) in [6, 6.07) is 4.39. The summed E-state index contributed by atoms with van der Waals surface area (Å²) < 4.78 is 0. The minimum absolute atomic E-state index is 0.369. The Hall–Kier alpha value is 0.01000. The second-order valence-corrected chi connectivity index (χ2v) is 7.32. The van der Waals surface area contributed by atoms with E-state index in [4.69, 9.17) is 0 Å². The predicted molar refractivity (Wildman–Crippen MR) is 73.5 cm³/mol. The van der Waals surface area contributed by atoms with Crippen molar-refractivity contribution in [3.05, 3.63) is 21.9 Å². The Kier molecular flexibility index (Phi) is 3.98. The molecule has 0 bridgehead atoms. The van der Waals surface area contributed by atoms with Gasteiger partial charge in [-0.15, -0.1) is 11.3 Å². The third kappa shape index (κ3) is 2.63. The van der Waals surface area contributed by atoms with Crippen molar-refractivity contribution in [2.45, 2.75) is 50.4 Å². The summed E-state index contributed by atoms with van der Waals surface area (Å²) in [6.07, 6.45) is 4.05. The van der Waals surface area contributed by atoms with Gasteiger partial charge in [0.15, 0.2) is 0 Å². The lowest BCUT2D eigenvalue weighted by molar-refractivity contribution is 0.0305. The van der Waals surface area contributed by atoms with Gasteiger partial charge >= 0.3 is 0 Å². The molecule has 2 heterocycles. The van der Waals surface area contributed by atoms with Crippen molar-refractivity contribution in [2.75, 3.05) is 5.75 Å². The number of hydrogen-bond donors (Lipinski definition) is 1. The fourth-order valence-electron chi connectivity index (χ4n) is 2.24. The van der Waals surface area contributed by atoms with Crippen molar-refractivity contribution in [2.24, 2.45) is 0 Å². The average Bonchev–Trinajstić information content (AvgIpc) is 2.70. The molecule has 1 aliphatic heterocycles. The number of rotatable bonds is 3. The van der Waals surface area contributed by atoms with Gasteiger partial charge in [-0.3, -0.25) is 0 Å². The summed E-state index contributed by atoms with van der Waals surface area (Å²) in [5, 5.41) is 11.0. The summed E-state index contributed by atoms with van der Waals surface area (Å²) in [5.41, 5.74) is -0.473. The van der Waals surface area contributed by atoms with Gasteiger partial charge in [-0.25, -0.2) is 0 Å². The molecular formula is C13H20OS2. The number of aliphatic hydroxyl groups is 1. The Bertz CT molecular complexity index is 347. The van der Waals surface area contributed by atoms with E-state index in [2.05, 4.69) is 26.0 Å². The first-order valence-electron chi connectivity index (χ1n) is 6.05. The lowest BCUT2D eigenvalue weighted by Gasteiger charge is -2.37. The van der Waals surface area contributed by atoms with E-state index in [9.17, 15) is 5.11 Å². The predicted octanol–water partition coefficient (Wildman–Crippen LogP) is 3.50. The highest BCUT2D eigenvalue weighted by molar-refractivity contribution is 8.00. The number of hydrogen-bond acceptors (Lipinski definition) is 3. The van der Waals surface area contributed by atoms with Crippen molar-refractivity contribution in [3.63, 3.8) is 0 Å². The second-order valence-electron chi connectivity index (χ2n) is 4.62. The van der Waals surface area contributed by atoms with Crippen LogP contribution in [0.2, 0.25) is 0 Å². The molecule has 1 N–H and O–H groups in total. The summed E-state index contributed by atoms with van der Waals surface area (Å²) >= 11 is 3.77. The minimum Gasteiger partial charge on any atom is -0.388 e. The maximum Gasteiger partial charge on any atom is 0.0811 e. The molecule has 0 aromatic carbocycles. The van der Waals surface area contributed by atoms with Crippen LogP contribution < -0.4 is 0 Å². The molecule has 16 heavy (non-hydrogen) atoms. The molecule has 0 spiro atoms. The molecule has 0 amide bonds. The van der Waals surface area contributed by atoms with Crippen LogP contribution in [-0.4, -0.2) is 21.7 Å². The quantitative estimate of drug-likeness (QED) is 0.893. The molecule has 3 heteroatoms. The van der Waals surface area contributed by atoms with Gasteiger partial charge in [-0.05, 0) is 37.1 Å². The van der Waals surface area contributed by atoms with E-state index < -0.39 is 5.60 Å². The molecule has 1 saturated heterocycles. The molecule has 2 unspecified atom stereocenters. The Morgan fingerprint density at radius 3 is 2.81 bits per heavy atom. The van der Waals surface area contributed by atoms with Crippen molar-refractivity contribution in [1.82, 2.24) is 0 Å². The highest BCUT2D eigenvalue weighted by Gasteiger charge is 2.36. The lowest BCUT2D eigenvalue weighted by atomic mass is 9.89. The van der Waals surface area contributed by atoms with Gasteiger partial charge in [0.05, 0.1) is 5.60 Å². The molecule has 2 rings (SSSR count). The van der Waals surface area contributed by atoms with Crippen LogP contribution in [-0.2, 0) is 12.8 Å². The van der Waals surface area contributed by atoms with Crippen molar-refractivity contribution < 1.29 is 5.11 Å².